The third-order valence-electron chi connectivity index (χ3n) is 5.40. The molecule has 3 atom stereocenters. The summed E-state index contributed by atoms with van der Waals surface area (Å²) in [5.41, 5.74) is 0. The Hall–Kier alpha value is -1.72. The molecular formula is C24H34O3Si. The van der Waals surface area contributed by atoms with Crippen molar-refractivity contribution in [3.05, 3.63) is 73.3 Å². The monoisotopic (exact) mass is 398 g/mol. The minimum Gasteiger partial charge on any atom is -0.407 e. The number of hydrogen-bond acceptors (Lipinski definition) is 3. The van der Waals surface area contributed by atoms with E-state index in [4.69, 9.17) is 9.16 Å². The van der Waals surface area contributed by atoms with E-state index >= 15 is 0 Å². The van der Waals surface area contributed by atoms with Crippen molar-refractivity contribution < 1.29 is 14.3 Å². The molecule has 0 aliphatic carbocycles. The molecular weight excluding hydrogens is 364 g/mol. The van der Waals surface area contributed by atoms with Crippen molar-refractivity contribution in [2.24, 2.45) is 5.92 Å². The molecule has 0 radical (unpaired) electrons. The maximum absolute atomic E-state index is 10.7. The molecule has 0 heterocycles. The summed E-state index contributed by atoms with van der Waals surface area (Å²) in [6, 6.07) is 21.1. The molecule has 28 heavy (non-hydrogen) atoms. The quantitative estimate of drug-likeness (QED) is 0.516. The van der Waals surface area contributed by atoms with Crippen molar-refractivity contribution in [2.45, 2.75) is 44.9 Å². The highest BCUT2D eigenvalue weighted by Gasteiger charge is 2.50. The Morgan fingerprint density at radius 3 is 1.82 bits per heavy atom. The topological polar surface area (TPSA) is 38.7 Å². The number of aliphatic hydroxyl groups is 1. The van der Waals surface area contributed by atoms with Gasteiger partial charge in [-0.1, -0.05) is 94.4 Å². The molecule has 0 unspecified atom stereocenters. The van der Waals surface area contributed by atoms with Gasteiger partial charge in [0.05, 0.1) is 6.10 Å². The predicted molar refractivity (Wildman–Crippen MR) is 120 cm³/mol. The Bertz CT molecular complexity index is 685. The number of aliphatic hydroxyl groups excluding tert-OH is 1. The molecule has 2 rings (SSSR count). The maximum Gasteiger partial charge on any atom is 0.261 e. The summed E-state index contributed by atoms with van der Waals surface area (Å²) in [6.07, 6.45) is 0.572. The first-order valence-electron chi connectivity index (χ1n) is 9.86. The molecule has 0 amide bonds. The normalized spacial score (nSPS) is 15.6. The van der Waals surface area contributed by atoms with Gasteiger partial charge in [0.25, 0.3) is 8.32 Å². The van der Waals surface area contributed by atoms with Gasteiger partial charge in [0, 0.05) is 19.6 Å². The van der Waals surface area contributed by atoms with Crippen LogP contribution in [0.5, 0.6) is 0 Å². The second kappa shape index (κ2) is 9.66. The molecule has 0 aliphatic heterocycles. The van der Waals surface area contributed by atoms with Crippen LogP contribution in [-0.2, 0) is 9.16 Å². The third kappa shape index (κ3) is 4.63. The zero-order valence-electron chi connectivity index (χ0n) is 17.8. The van der Waals surface area contributed by atoms with Crippen LogP contribution in [0.1, 0.15) is 27.7 Å². The van der Waals surface area contributed by atoms with Gasteiger partial charge in [-0.3, -0.25) is 0 Å². The largest absolute Gasteiger partial charge is 0.407 e. The summed E-state index contributed by atoms with van der Waals surface area (Å²) in [4.78, 5) is 0. The highest BCUT2D eigenvalue weighted by atomic mass is 28.4. The first kappa shape index (κ1) is 22.6. The molecule has 0 saturated carbocycles. The zero-order valence-corrected chi connectivity index (χ0v) is 18.8. The van der Waals surface area contributed by atoms with E-state index in [-0.39, 0.29) is 11.0 Å². The van der Waals surface area contributed by atoms with E-state index in [0.717, 1.165) is 0 Å². The number of rotatable bonds is 9. The minimum atomic E-state index is -2.59. The smallest absolute Gasteiger partial charge is 0.261 e. The van der Waals surface area contributed by atoms with Gasteiger partial charge < -0.3 is 14.3 Å². The van der Waals surface area contributed by atoms with Gasteiger partial charge in [0.1, 0.15) is 6.10 Å². The first-order chi connectivity index (χ1) is 13.3. The Morgan fingerprint density at radius 1 is 1.00 bits per heavy atom. The summed E-state index contributed by atoms with van der Waals surface area (Å²) in [5, 5.41) is 13.1. The van der Waals surface area contributed by atoms with Crippen molar-refractivity contribution >= 4 is 18.7 Å². The number of ether oxygens (including phenoxy) is 1. The molecule has 1 N–H and O–H groups in total. The Morgan fingerprint density at radius 2 is 1.46 bits per heavy atom. The fraction of sp³-hybridized carbons (Fsp3) is 0.417. The number of benzene rings is 2. The summed E-state index contributed by atoms with van der Waals surface area (Å²) >= 11 is 0. The lowest BCUT2D eigenvalue weighted by atomic mass is 10.0. The van der Waals surface area contributed by atoms with Crippen LogP contribution in [0, 0.1) is 5.92 Å². The fourth-order valence-electron chi connectivity index (χ4n) is 3.82. The molecule has 4 heteroatoms. The van der Waals surface area contributed by atoms with Gasteiger partial charge >= 0.3 is 0 Å². The summed E-state index contributed by atoms with van der Waals surface area (Å²) < 4.78 is 12.2. The van der Waals surface area contributed by atoms with E-state index in [2.05, 4.69) is 75.9 Å². The molecule has 2 aromatic rings. The minimum absolute atomic E-state index is 0.0839. The van der Waals surface area contributed by atoms with E-state index < -0.39 is 20.5 Å². The van der Waals surface area contributed by atoms with Crippen molar-refractivity contribution in [3.63, 3.8) is 0 Å². The van der Waals surface area contributed by atoms with Crippen LogP contribution >= 0.6 is 0 Å². The molecule has 0 fully saturated rings. The van der Waals surface area contributed by atoms with E-state index in [1.807, 2.05) is 19.1 Å². The average molecular weight is 399 g/mol. The molecule has 0 saturated heterocycles. The molecule has 0 aromatic heterocycles. The standard InChI is InChI=1S/C24H34O3Si/c1-7-22(26-6)23(25)19(2)18-27-28(24(3,4)5,20-14-10-8-11-15-20)21-16-12-9-13-17-21/h7-17,19,22-23,25H,1,18H2,2-6H3/t19-,22-,23+/m1/s1. The van der Waals surface area contributed by atoms with Gasteiger partial charge in [-0.25, -0.2) is 0 Å². The number of hydrogen-bond donors (Lipinski definition) is 1. The third-order valence-corrected chi connectivity index (χ3v) is 10.4. The molecule has 0 bridgehead atoms. The average Bonchev–Trinajstić information content (AvgIpc) is 2.69. The Labute approximate surface area is 171 Å². The van der Waals surface area contributed by atoms with Gasteiger partial charge in [0.2, 0.25) is 0 Å². The molecule has 2 aromatic carbocycles. The van der Waals surface area contributed by atoms with Crippen molar-refractivity contribution in [2.75, 3.05) is 13.7 Å². The lowest BCUT2D eigenvalue weighted by Gasteiger charge is -2.44. The molecule has 0 spiro atoms. The fourth-order valence-corrected chi connectivity index (χ4v) is 8.48. The number of methoxy groups -OCH3 is 1. The van der Waals surface area contributed by atoms with E-state index in [1.54, 1.807) is 13.2 Å². The van der Waals surface area contributed by atoms with Crippen LogP contribution in [0.4, 0.5) is 0 Å². The summed E-state index contributed by atoms with van der Waals surface area (Å²) in [5.74, 6) is -0.0930. The Balaban J connectivity index is 2.46. The van der Waals surface area contributed by atoms with E-state index in [1.165, 1.54) is 10.4 Å². The van der Waals surface area contributed by atoms with Crippen molar-refractivity contribution in [1.29, 1.82) is 0 Å². The van der Waals surface area contributed by atoms with E-state index in [9.17, 15) is 5.11 Å². The predicted octanol–water partition coefficient (Wildman–Crippen LogP) is 3.76. The van der Waals surface area contributed by atoms with Crippen molar-refractivity contribution in [1.82, 2.24) is 0 Å². The molecule has 152 valence electrons. The summed E-state index contributed by atoms with van der Waals surface area (Å²) in [7, 11) is -1.00. The maximum atomic E-state index is 10.7. The van der Waals surface area contributed by atoms with Gasteiger partial charge in [-0.2, -0.15) is 0 Å². The second-order valence-electron chi connectivity index (χ2n) is 8.38. The zero-order chi connectivity index (χ0) is 20.8. The van der Waals surface area contributed by atoms with Crippen molar-refractivity contribution in [3.8, 4) is 0 Å². The second-order valence-corrected chi connectivity index (χ2v) is 12.7. The van der Waals surface area contributed by atoms with Crippen LogP contribution in [0.25, 0.3) is 0 Å². The lowest BCUT2D eigenvalue weighted by molar-refractivity contribution is -0.0231. The molecule has 3 nitrogen and oxygen atoms in total. The van der Waals surface area contributed by atoms with E-state index in [0.29, 0.717) is 6.61 Å². The highest BCUT2D eigenvalue weighted by molar-refractivity contribution is 6.99. The first-order valence-corrected chi connectivity index (χ1v) is 11.8. The summed E-state index contributed by atoms with van der Waals surface area (Å²) in [6.45, 7) is 13.0. The van der Waals surface area contributed by atoms with Crippen LogP contribution in [0.2, 0.25) is 5.04 Å². The molecule has 0 aliphatic rings. The highest BCUT2D eigenvalue weighted by Crippen LogP contribution is 2.37. The Kier molecular flexibility index (Phi) is 7.78. The lowest BCUT2D eigenvalue weighted by Crippen LogP contribution is -2.67. The SMILES string of the molecule is C=C[C@@H](OC)[C@@H](O)[C@H](C)CO[Si](c1ccccc1)(c1ccccc1)C(C)(C)C. The van der Waals surface area contributed by atoms with Crippen LogP contribution in [-0.4, -0.2) is 39.3 Å². The van der Waals surface area contributed by atoms with Gasteiger partial charge in [-0.05, 0) is 15.4 Å². The van der Waals surface area contributed by atoms with Gasteiger partial charge in [0.15, 0.2) is 0 Å². The van der Waals surface area contributed by atoms with Crippen LogP contribution < -0.4 is 10.4 Å². The van der Waals surface area contributed by atoms with Crippen LogP contribution in [0.15, 0.2) is 73.3 Å². The van der Waals surface area contributed by atoms with Crippen LogP contribution in [0.3, 0.4) is 0 Å². The van der Waals surface area contributed by atoms with Gasteiger partial charge in [-0.15, -0.1) is 6.58 Å².